The number of hydrogen-bond donors (Lipinski definition) is 3. The molecule has 124 heavy (non-hydrogen) atoms. The summed E-state index contributed by atoms with van der Waals surface area (Å²) in [6.07, 6.45) is 0. The summed E-state index contributed by atoms with van der Waals surface area (Å²) in [6.45, 7) is 0. The number of rotatable bonds is 4. The average molecular weight is 1720 g/mol. The van der Waals surface area contributed by atoms with E-state index in [0.29, 0.717) is 18.2 Å². The van der Waals surface area contributed by atoms with E-state index in [-0.39, 0.29) is 4.40 Å². The van der Waals surface area contributed by atoms with Gasteiger partial charge in [-0.05, 0) is 11.6 Å². The number of fused-ring (bicyclic) bond motifs is 4. The van der Waals surface area contributed by atoms with E-state index in [9.17, 15) is 0 Å². The Morgan fingerprint density at radius 1 is 0.177 bits per heavy atom. The fourth-order valence-electron chi connectivity index (χ4n) is 17.6. The summed E-state index contributed by atoms with van der Waals surface area (Å²) < 4.78 is 485. The molecule has 0 aliphatic carbocycles. The maximum absolute atomic E-state index is 19.2. The molecule has 6 aromatic heterocycles. The lowest BCUT2D eigenvalue weighted by Crippen LogP contribution is -2.11. The van der Waals surface area contributed by atoms with E-state index >= 15 is 123 Å². The lowest BCUT2D eigenvalue weighted by atomic mass is 9.90. The molecule has 0 radical (unpaired) electrons. The van der Waals surface area contributed by atoms with E-state index in [1.807, 2.05) is 0 Å². The third kappa shape index (κ3) is 9.68. The van der Waals surface area contributed by atoms with Crippen LogP contribution in [0, 0.1) is 163 Å². The Bertz CT molecular complexity index is 8630. The second-order valence-electron chi connectivity index (χ2n) is 28.8. The molecular weight excluding hydrogens is 1700 g/mol. The first kappa shape index (κ1) is 76.5. The monoisotopic (exact) mass is 1720 g/mol. The first-order valence-corrected chi connectivity index (χ1v) is 36.0. The van der Waals surface area contributed by atoms with Crippen LogP contribution in [0.25, 0.3) is 192 Å². The van der Waals surface area contributed by atoms with Crippen LogP contribution in [-0.4, -0.2) is 19.4 Å². The fraction of sp³-hybridized carbons (Fsp3) is 0. The first-order chi connectivity index (χ1) is 59.3. The number of H-pyrrole nitrogens is 3. The van der Waals surface area contributed by atoms with Gasteiger partial charge < -0.3 is 19.4 Å². The summed E-state index contributed by atoms with van der Waals surface area (Å²) in [5.41, 5.74) is -33.9. The van der Waals surface area contributed by atoms with Crippen molar-refractivity contribution in [3.63, 3.8) is 0 Å². The second kappa shape index (κ2) is 26.3. The van der Waals surface area contributed by atoms with Crippen molar-refractivity contribution in [1.82, 2.24) is 19.4 Å². The molecule has 0 unspecified atom stereocenters. The molecule has 4 aliphatic rings. The van der Waals surface area contributed by atoms with Crippen molar-refractivity contribution in [3.05, 3.63) is 313 Å². The minimum atomic E-state index is -2.96. The maximum Gasteiger partial charge on any atom is 0.200 e. The van der Waals surface area contributed by atoms with Crippen LogP contribution in [0.1, 0.15) is 0 Å². The molecule has 22 rings (SSSR count). The summed E-state index contributed by atoms with van der Waals surface area (Å²) in [5.74, 6) is -78.4. The smallest absolute Gasteiger partial charge is 0.200 e. The fourth-order valence-corrected chi connectivity index (χ4v) is 17.6. The third-order valence-electron chi connectivity index (χ3n) is 22.7. The van der Waals surface area contributed by atoms with Crippen molar-refractivity contribution < 1.29 is 123 Å². The molecule has 0 atom stereocenters. The van der Waals surface area contributed by atoms with Crippen LogP contribution in [0.2, 0.25) is 0 Å². The lowest BCUT2D eigenvalue weighted by Gasteiger charge is -2.16. The number of nitrogens with one attached hydrogen (secondary N) is 3. The Hall–Kier alpha value is -14.9. The van der Waals surface area contributed by atoms with Gasteiger partial charge in [0, 0.05) is 109 Å². The summed E-state index contributed by atoms with van der Waals surface area (Å²) in [4.78, 5) is 17.2. The summed E-state index contributed by atoms with van der Waals surface area (Å²) in [6, 6.07) is 21.7. The Morgan fingerprint density at radius 3 is 0.839 bits per heavy atom. The molecule has 0 fully saturated rings. The summed E-state index contributed by atoms with van der Waals surface area (Å²) in [5, 5.41) is -14.7. The van der Waals surface area contributed by atoms with Crippen LogP contribution in [-0.2, 0) is 0 Å². The van der Waals surface area contributed by atoms with Gasteiger partial charge in [-0.3, -0.25) is 0 Å². The molecule has 6 nitrogen and oxygen atoms in total. The molecule has 18 aromatic rings. The average Bonchev–Trinajstić information content (AvgIpc) is 1.51. The zero-order chi connectivity index (χ0) is 87.1. The predicted molar refractivity (Wildman–Crippen MR) is 401 cm³/mol. The molecule has 0 spiro atoms. The van der Waals surface area contributed by atoms with Crippen molar-refractivity contribution in [1.29, 1.82) is 0 Å². The molecule has 0 amide bonds. The highest BCUT2D eigenvalue weighted by atomic mass is 19.2. The summed E-state index contributed by atoms with van der Waals surface area (Å²) in [7, 11) is 0. The van der Waals surface area contributed by atoms with Crippen LogP contribution < -0.4 is 10.7 Å². The largest absolute Gasteiger partial charge is 0.353 e. The van der Waals surface area contributed by atoms with Gasteiger partial charge in [-0.25, -0.2) is 133 Å². The van der Waals surface area contributed by atoms with Gasteiger partial charge in [0.1, 0.15) is 0 Å². The number of aromatic amines is 3. The van der Waals surface area contributed by atoms with Gasteiger partial charge in [0.25, 0.3) is 0 Å². The molecule has 34 heteroatoms. The lowest BCUT2D eigenvalue weighted by molar-refractivity contribution is 0.381. The quantitative estimate of drug-likeness (QED) is 0.0892. The Kier molecular flexibility index (Phi) is 16.2. The van der Waals surface area contributed by atoms with E-state index in [1.54, 1.807) is 0 Å². The van der Waals surface area contributed by atoms with Gasteiger partial charge in [0.2, 0.25) is 23.3 Å². The maximum atomic E-state index is 19.2. The predicted octanol–water partition coefficient (Wildman–Crippen LogP) is 27.3. The topological polar surface area (TPSA) is 76.5 Å². The van der Waals surface area contributed by atoms with Gasteiger partial charge in [-0.15, -0.1) is 0 Å². The third-order valence-corrected chi connectivity index (χ3v) is 22.7. The first-order valence-electron chi connectivity index (χ1n) is 36.0. The molecule has 0 saturated carbocycles. The van der Waals surface area contributed by atoms with Gasteiger partial charge in [0.15, 0.2) is 140 Å². The molecule has 4 aliphatic heterocycles. The Balaban J connectivity index is 1.21. The van der Waals surface area contributed by atoms with Gasteiger partial charge in [-0.2, -0.15) is 0 Å². The van der Waals surface area contributed by atoms with Crippen molar-refractivity contribution in [2.75, 3.05) is 0 Å². The zero-order valence-electron chi connectivity index (χ0n) is 60.2. The van der Waals surface area contributed by atoms with E-state index < -0.39 is 377 Å². The normalized spacial score (nSPS) is 12.5. The number of nitrogens with zero attached hydrogens (tertiary/aromatic N) is 3. The van der Waals surface area contributed by atoms with E-state index in [1.165, 1.54) is 0 Å². The number of hydrogen-bond acceptors (Lipinski definition) is 2. The van der Waals surface area contributed by atoms with Gasteiger partial charge >= 0.3 is 0 Å². The minimum absolute atomic E-state index is 0.142. The molecular formula is C90H26F28N6. The van der Waals surface area contributed by atoms with Crippen LogP contribution in [0.3, 0.4) is 0 Å². The number of benzene rings is 12. The molecule has 12 aromatic carbocycles. The molecule has 0 saturated heterocycles. The Labute approximate surface area is 666 Å². The highest BCUT2D eigenvalue weighted by Gasteiger charge is 2.41. The van der Waals surface area contributed by atoms with Crippen molar-refractivity contribution in [2.24, 2.45) is 9.98 Å². The highest BCUT2D eigenvalue weighted by Crippen LogP contribution is 2.56. The molecule has 612 valence electrons. The standard InChI is InChI=1S/C90H26F28N6/c91-50-37-24-21-22-35-36(23-24)89-49-43-60(101)71(112)76(117)77(118)90(43)124(89)88(35)48(42-58(99)69(110)75(116)70(111)59(42)100)86-33-19-9-7-17-31(33)84(122-86)46(40-54(95)65(106)73(114)66(107)55(40)96)81-28-14-4-2-12-26(28)79(120-81)44(38(37)51(92)62(103)61(50)102)78-25-11-1-3-13-27(25)80(119-78)45(39-52(93)63(104)72(113)64(105)53(39)94)82-29-15-5-6-16-30(29)83(121-82)47(41-56(97)67(108)74(115)68(109)57(41)98)85-32-18-8-10-20-34(32)87(49)123-85/h1-23,119-120,123H. The zero-order valence-corrected chi connectivity index (χ0v) is 60.2. The van der Waals surface area contributed by atoms with E-state index in [0.717, 1.165) is 121 Å². The van der Waals surface area contributed by atoms with E-state index in [4.69, 9.17) is 0 Å². The SMILES string of the molecule is Fc1c(F)c(F)c(-c2c3c4ccccc4c(c(-c4c(F)c(F)c(F)c(F)c4F)c4c5ccc6cc5c5c(c7[nH]c(c(-c8c(F)c(F)c(F)c(F)c8F)c8c9ccccc9c(c(-c9c(F)c(F)c(F)c(F)c9F)c9[nH]c(c(c%10[nH]c2c2ccccc%102)-c2c(F)c(F)c(F)c(F)c2-6)c2ccccc92)=N8)c2ccccc27)c2c(F)c(F)c(F)c(F)c2n45)=N3)c(F)c1F. The number of aromatic nitrogens is 4. The van der Waals surface area contributed by atoms with Crippen molar-refractivity contribution in [2.45, 2.75) is 0 Å². The van der Waals surface area contributed by atoms with Gasteiger partial charge in [0.05, 0.1) is 99.4 Å². The van der Waals surface area contributed by atoms with Crippen LogP contribution in [0.4, 0.5) is 134 Å². The van der Waals surface area contributed by atoms with Crippen LogP contribution >= 0.6 is 0 Å². The van der Waals surface area contributed by atoms with Crippen molar-refractivity contribution >= 4 is 136 Å². The van der Waals surface area contributed by atoms with Gasteiger partial charge in [-0.1, -0.05) is 133 Å². The van der Waals surface area contributed by atoms with E-state index in [2.05, 4.69) is 24.9 Å². The Morgan fingerprint density at radius 2 is 0.452 bits per heavy atom. The number of halogens is 28. The van der Waals surface area contributed by atoms with Crippen LogP contribution in [0.5, 0.6) is 0 Å². The summed E-state index contributed by atoms with van der Waals surface area (Å²) >= 11 is 0. The molecule has 10 heterocycles. The molecule has 3 N–H and O–H groups in total. The highest BCUT2D eigenvalue weighted by molar-refractivity contribution is 6.33. The van der Waals surface area contributed by atoms with Crippen LogP contribution in [0.15, 0.2) is 150 Å². The van der Waals surface area contributed by atoms with Crippen molar-refractivity contribution in [3.8, 4) is 66.8 Å². The second-order valence-corrected chi connectivity index (χ2v) is 28.8. The molecule has 18 bridgehead atoms. The minimum Gasteiger partial charge on any atom is -0.353 e.